The third-order valence-corrected chi connectivity index (χ3v) is 4.42. The third kappa shape index (κ3) is 7.50. The summed E-state index contributed by atoms with van der Waals surface area (Å²) in [5.74, 6) is -1.17. The molecule has 2 N–H and O–H groups in total. The molecule has 0 saturated heterocycles. The van der Waals surface area contributed by atoms with Crippen LogP contribution in [0.3, 0.4) is 0 Å². The molecule has 0 aliphatic heterocycles. The second-order valence-corrected chi connectivity index (χ2v) is 7.16. The van der Waals surface area contributed by atoms with Crippen LogP contribution in [0.1, 0.15) is 40.3 Å². The molecule has 0 bridgehead atoms. The van der Waals surface area contributed by atoms with Gasteiger partial charge in [0.15, 0.2) is 6.61 Å². The van der Waals surface area contributed by atoms with Gasteiger partial charge in [-0.1, -0.05) is 6.07 Å². The zero-order valence-corrected chi connectivity index (χ0v) is 16.7. The van der Waals surface area contributed by atoms with Gasteiger partial charge in [0, 0.05) is 18.8 Å². The molecule has 28 heavy (non-hydrogen) atoms. The number of carbonyl (C=O) groups excluding carboxylic acids is 3. The molecule has 0 atom stereocenters. The predicted molar refractivity (Wildman–Crippen MR) is 108 cm³/mol. The summed E-state index contributed by atoms with van der Waals surface area (Å²) in [5, 5.41) is 7.23. The number of amides is 2. The molecule has 1 aromatic carbocycles. The summed E-state index contributed by atoms with van der Waals surface area (Å²) in [6.07, 6.45) is 0.850. The third-order valence-electron chi connectivity index (χ3n) is 3.55. The molecule has 0 unspecified atom stereocenters. The molecule has 1 heterocycles. The summed E-state index contributed by atoms with van der Waals surface area (Å²) >= 11 is 1.35. The Kier molecular flexibility index (Phi) is 8.64. The van der Waals surface area contributed by atoms with Crippen LogP contribution in [0.25, 0.3) is 0 Å². The second-order valence-electron chi connectivity index (χ2n) is 6.21. The molecule has 0 saturated carbocycles. The molecule has 2 aromatic rings. The zero-order chi connectivity index (χ0) is 20.4. The van der Waals surface area contributed by atoms with E-state index in [2.05, 4.69) is 10.6 Å². The Labute approximate surface area is 168 Å². The van der Waals surface area contributed by atoms with Gasteiger partial charge in [-0.3, -0.25) is 9.59 Å². The lowest BCUT2D eigenvalue weighted by molar-refractivity contribution is -0.124. The minimum absolute atomic E-state index is 0.159. The van der Waals surface area contributed by atoms with E-state index in [0.717, 1.165) is 0 Å². The summed E-state index contributed by atoms with van der Waals surface area (Å²) < 4.78 is 10.4. The van der Waals surface area contributed by atoms with Gasteiger partial charge in [-0.25, -0.2) is 4.79 Å². The zero-order valence-electron chi connectivity index (χ0n) is 15.9. The van der Waals surface area contributed by atoms with Crippen LogP contribution in [0.5, 0.6) is 0 Å². The van der Waals surface area contributed by atoms with E-state index in [1.165, 1.54) is 23.5 Å². The molecule has 2 rings (SSSR count). The minimum Gasteiger partial charge on any atom is -0.452 e. The molecule has 1 aromatic heterocycles. The fourth-order valence-corrected chi connectivity index (χ4v) is 2.79. The number of ether oxygens (including phenoxy) is 2. The van der Waals surface area contributed by atoms with Crippen molar-refractivity contribution in [3.63, 3.8) is 0 Å². The van der Waals surface area contributed by atoms with E-state index in [4.69, 9.17) is 9.47 Å². The van der Waals surface area contributed by atoms with Gasteiger partial charge in [-0.05, 0) is 56.0 Å². The molecule has 0 spiro atoms. The highest BCUT2D eigenvalue weighted by Crippen LogP contribution is 2.14. The predicted octanol–water partition coefficient (Wildman–Crippen LogP) is 3.09. The van der Waals surface area contributed by atoms with Gasteiger partial charge in [0.05, 0.1) is 16.5 Å². The van der Waals surface area contributed by atoms with Crippen LogP contribution in [0, 0.1) is 0 Å². The number of hydrogen-bond acceptors (Lipinski definition) is 6. The van der Waals surface area contributed by atoms with Crippen molar-refractivity contribution in [1.29, 1.82) is 0 Å². The van der Waals surface area contributed by atoms with E-state index < -0.39 is 5.97 Å². The first-order valence-corrected chi connectivity index (χ1v) is 9.84. The van der Waals surface area contributed by atoms with Gasteiger partial charge < -0.3 is 20.1 Å². The Balaban J connectivity index is 1.70. The van der Waals surface area contributed by atoms with Gasteiger partial charge in [0.1, 0.15) is 0 Å². The highest BCUT2D eigenvalue weighted by molar-refractivity contribution is 7.12. The molecule has 8 heteroatoms. The van der Waals surface area contributed by atoms with E-state index in [1.807, 2.05) is 19.2 Å². The standard InChI is InChI=1S/C20H24N2O5S/c1-14(2)26-11-4-10-21-18(23)13-27-20(25)15-6-8-16(9-7-15)22-19(24)17-5-3-12-28-17/h3,5-9,12,14H,4,10-11,13H2,1-2H3,(H,21,23)(H,22,24). The fraction of sp³-hybridized carbons (Fsp3) is 0.350. The maximum absolute atomic E-state index is 12.0. The van der Waals surface area contributed by atoms with Crippen molar-refractivity contribution < 1.29 is 23.9 Å². The Morgan fingerprint density at radius 1 is 1.11 bits per heavy atom. The number of hydrogen-bond donors (Lipinski definition) is 2. The Morgan fingerprint density at radius 2 is 1.86 bits per heavy atom. The smallest absolute Gasteiger partial charge is 0.338 e. The van der Waals surface area contributed by atoms with E-state index in [9.17, 15) is 14.4 Å². The van der Waals surface area contributed by atoms with Crippen molar-refractivity contribution in [2.45, 2.75) is 26.4 Å². The van der Waals surface area contributed by atoms with Crippen molar-refractivity contribution >= 4 is 34.8 Å². The average Bonchev–Trinajstić information content (AvgIpc) is 3.21. The summed E-state index contributed by atoms with van der Waals surface area (Å²) in [6, 6.07) is 9.82. The number of carbonyl (C=O) groups is 3. The van der Waals surface area contributed by atoms with Crippen LogP contribution in [-0.2, 0) is 14.3 Å². The Morgan fingerprint density at radius 3 is 2.50 bits per heavy atom. The highest BCUT2D eigenvalue weighted by Gasteiger charge is 2.11. The lowest BCUT2D eigenvalue weighted by atomic mass is 10.2. The number of esters is 1. The van der Waals surface area contributed by atoms with Crippen LogP contribution < -0.4 is 10.6 Å². The van der Waals surface area contributed by atoms with Crippen molar-refractivity contribution in [2.75, 3.05) is 25.1 Å². The molecule has 0 radical (unpaired) electrons. The van der Waals surface area contributed by atoms with Gasteiger partial charge in [0.2, 0.25) is 0 Å². The first-order chi connectivity index (χ1) is 13.5. The van der Waals surface area contributed by atoms with Crippen LogP contribution in [0.15, 0.2) is 41.8 Å². The number of rotatable bonds is 10. The van der Waals surface area contributed by atoms with Gasteiger partial charge in [-0.15, -0.1) is 11.3 Å². The van der Waals surface area contributed by atoms with E-state index in [1.54, 1.807) is 24.3 Å². The molecular weight excluding hydrogens is 380 g/mol. The maximum Gasteiger partial charge on any atom is 0.338 e. The summed E-state index contributed by atoms with van der Waals surface area (Å²) in [4.78, 5) is 36.3. The van der Waals surface area contributed by atoms with E-state index in [0.29, 0.717) is 35.7 Å². The van der Waals surface area contributed by atoms with Crippen LogP contribution in [0.4, 0.5) is 5.69 Å². The first kappa shape index (κ1) is 21.6. The Bertz CT molecular complexity index is 772. The lowest BCUT2D eigenvalue weighted by Gasteiger charge is -2.09. The highest BCUT2D eigenvalue weighted by atomic mass is 32.1. The first-order valence-electron chi connectivity index (χ1n) is 8.96. The fourth-order valence-electron chi connectivity index (χ4n) is 2.17. The molecule has 0 aliphatic carbocycles. The summed E-state index contributed by atoms with van der Waals surface area (Å²) in [6.45, 7) is 4.57. The molecule has 150 valence electrons. The van der Waals surface area contributed by atoms with Crippen molar-refractivity contribution in [2.24, 2.45) is 0 Å². The van der Waals surface area contributed by atoms with Crippen molar-refractivity contribution in [1.82, 2.24) is 5.32 Å². The largest absolute Gasteiger partial charge is 0.452 e. The van der Waals surface area contributed by atoms with Crippen molar-refractivity contribution in [3.05, 3.63) is 52.2 Å². The quantitative estimate of drug-likeness (QED) is 0.469. The molecular formula is C20H24N2O5S. The van der Waals surface area contributed by atoms with E-state index >= 15 is 0 Å². The van der Waals surface area contributed by atoms with Crippen LogP contribution >= 0.6 is 11.3 Å². The lowest BCUT2D eigenvalue weighted by Crippen LogP contribution is -2.30. The molecule has 2 amide bonds. The molecule has 7 nitrogen and oxygen atoms in total. The van der Waals surface area contributed by atoms with Gasteiger partial charge >= 0.3 is 5.97 Å². The number of thiophene rings is 1. The van der Waals surface area contributed by atoms with E-state index in [-0.39, 0.29) is 24.5 Å². The maximum atomic E-state index is 12.0. The minimum atomic E-state index is -0.602. The second kappa shape index (κ2) is 11.2. The summed E-state index contributed by atoms with van der Waals surface area (Å²) in [5.41, 5.74) is 0.864. The number of anilines is 1. The number of nitrogens with one attached hydrogen (secondary N) is 2. The van der Waals surface area contributed by atoms with Crippen LogP contribution in [-0.4, -0.2) is 43.6 Å². The normalized spacial score (nSPS) is 10.5. The summed E-state index contributed by atoms with van der Waals surface area (Å²) in [7, 11) is 0. The topological polar surface area (TPSA) is 93.7 Å². The number of benzene rings is 1. The van der Waals surface area contributed by atoms with Crippen LogP contribution in [0.2, 0.25) is 0 Å². The van der Waals surface area contributed by atoms with Crippen molar-refractivity contribution in [3.8, 4) is 0 Å². The van der Waals surface area contributed by atoms with Gasteiger partial charge in [0.25, 0.3) is 11.8 Å². The SMILES string of the molecule is CC(C)OCCCNC(=O)COC(=O)c1ccc(NC(=O)c2cccs2)cc1. The molecule has 0 fully saturated rings. The average molecular weight is 404 g/mol. The molecule has 0 aliphatic rings. The van der Waals surface area contributed by atoms with Gasteiger partial charge in [-0.2, -0.15) is 0 Å². The Hall–Kier alpha value is -2.71. The monoisotopic (exact) mass is 404 g/mol.